The molecule has 0 spiro atoms. The van der Waals surface area contributed by atoms with Gasteiger partial charge in [0.15, 0.2) is 0 Å². The van der Waals surface area contributed by atoms with Crippen molar-refractivity contribution in [2.45, 2.75) is 63.5 Å². The van der Waals surface area contributed by atoms with Crippen LogP contribution in [0, 0.1) is 5.92 Å². The molecule has 2 fully saturated rings. The van der Waals surface area contributed by atoms with Gasteiger partial charge in [-0.25, -0.2) is 0 Å². The molecule has 4 heteroatoms. The molecule has 0 bridgehead atoms. The highest BCUT2D eigenvalue weighted by Crippen LogP contribution is 2.33. The normalized spacial score (nSPS) is 33.9. The van der Waals surface area contributed by atoms with Crippen LogP contribution in [-0.4, -0.2) is 47.8 Å². The molecular formula is C17H27NO3. The Morgan fingerprint density at radius 1 is 1.33 bits per heavy atom. The Labute approximate surface area is 127 Å². The van der Waals surface area contributed by atoms with Gasteiger partial charge in [-0.1, -0.05) is 18.1 Å². The molecule has 0 unspecified atom stereocenters. The monoisotopic (exact) mass is 293 g/mol. The zero-order valence-corrected chi connectivity index (χ0v) is 12.8. The highest BCUT2D eigenvalue weighted by molar-refractivity contribution is 5.79. The van der Waals surface area contributed by atoms with Crippen molar-refractivity contribution in [2.24, 2.45) is 5.92 Å². The minimum atomic E-state index is -0.263. The molecule has 1 N–H and O–H groups in total. The smallest absolute Gasteiger partial charge is 0.227 e. The summed E-state index contributed by atoms with van der Waals surface area (Å²) in [6.45, 7) is 1.90. The molecule has 1 heterocycles. The average molecular weight is 293 g/mol. The van der Waals surface area contributed by atoms with E-state index in [-0.39, 0.29) is 24.0 Å². The van der Waals surface area contributed by atoms with Gasteiger partial charge in [0.1, 0.15) is 0 Å². The van der Waals surface area contributed by atoms with Crippen LogP contribution in [0.15, 0.2) is 11.6 Å². The van der Waals surface area contributed by atoms with E-state index < -0.39 is 0 Å². The van der Waals surface area contributed by atoms with Crippen molar-refractivity contribution in [1.82, 2.24) is 4.90 Å². The molecule has 4 nitrogen and oxygen atoms in total. The summed E-state index contributed by atoms with van der Waals surface area (Å²) in [5, 5.41) is 10.2. The standard InChI is InChI=1S/C17H27NO3/c19-16-8-4-7-14(16)15-12-21-10-9-18(15)17(20)11-13-5-2-1-3-6-13/h5,14-16,19H,1-4,6-12H2/t14-,15+,16-/m0/s1. The summed E-state index contributed by atoms with van der Waals surface area (Å²) in [5.74, 6) is 0.435. The summed E-state index contributed by atoms with van der Waals surface area (Å²) in [4.78, 5) is 14.7. The Bertz CT molecular complexity index is 407. The van der Waals surface area contributed by atoms with Crippen molar-refractivity contribution in [2.75, 3.05) is 19.8 Å². The predicted octanol–water partition coefficient (Wildman–Crippen LogP) is 2.27. The summed E-state index contributed by atoms with van der Waals surface area (Å²) in [5.41, 5.74) is 1.31. The Kier molecular flexibility index (Phi) is 4.96. The topological polar surface area (TPSA) is 49.8 Å². The number of allylic oxidation sites excluding steroid dienone is 1. The molecule has 0 radical (unpaired) electrons. The van der Waals surface area contributed by atoms with Crippen LogP contribution in [0.1, 0.15) is 51.4 Å². The fourth-order valence-corrected chi connectivity index (χ4v) is 4.07. The predicted molar refractivity (Wildman–Crippen MR) is 80.8 cm³/mol. The first-order valence-corrected chi connectivity index (χ1v) is 8.49. The van der Waals surface area contributed by atoms with Gasteiger partial charge in [-0.15, -0.1) is 0 Å². The van der Waals surface area contributed by atoms with E-state index >= 15 is 0 Å². The molecule has 3 atom stereocenters. The molecule has 1 saturated carbocycles. The van der Waals surface area contributed by atoms with Gasteiger partial charge in [-0.05, 0) is 38.5 Å². The second-order valence-electron chi connectivity index (χ2n) is 6.68. The van der Waals surface area contributed by atoms with Crippen molar-refractivity contribution < 1.29 is 14.6 Å². The summed E-state index contributed by atoms with van der Waals surface area (Å²) < 4.78 is 5.59. The lowest BCUT2D eigenvalue weighted by molar-refractivity contribution is -0.143. The van der Waals surface area contributed by atoms with E-state index in [0.717, 1.165) is 32.1 Å². The highest BCUT2D eigenvalue weighted by Gasteiger charge is 2.39. The molecule has 0 aromatic rings. The van der Waals surface area contributed by atoms with Crippen LogP contribution in [0.2, 0.25) is 0 Å². The molecule has 1 saturated heterocycles. The number of carbonyl (C=O) groups is 1. The maximum atomic E-state index is 12.7. The summed E-state index contributed by atoms with van der Waals surface area (Å²) in [7, 11) is 0. The van der Waals surface area contributed by atoms with Gasteiger partial charge in [0.25, 0.3) is 0 Å². The van der Waals surface area contributed by atoms with E-state index in [4.69, 9.17) is 4.74 Å². The number of hydrogen-bond donors (Lipinski definition) is 1. The first-order valence-electron chi connectivity index (χ1n) is 8.49. The number of aliphatic hydroxyl groups excluding tert-OH is 1. The lowest BCUT2D eigenvalue weighted by Gasteiger charge is -2.40. The van der Waals surface area contributed by atoms with Crippen LogP contribution in [0.25, 0.3) is 0 Å². The second kappa shape index (κ2) is 6.93. The number of aliphatic hydroxyl groups is 1. The number of hydrogen-bond acceptors (Lipinski definition) is 3. The fourth-order valence-electron chi connectivity index (χ4n) is 4.07. The van der Waals surface area contributed by atoms with Gasteiger partial charge >= 0.3 is 0 Å². The third kappa shape index (κ3) is 3.49. The maximum absolute atomic E-state index is 12.7. The van der Waals surface area contributed by atoms with E-state index in [2.05, 4.69) is 6.08 Å². The highest BCUT2D eigenvalue weighted by atomic mass is 16.5. The van der Waals surface area contributed by atoms with Crippen LogP contribution in [-0.2, 0) is 9.53 Å². The van der Waals surface area contributed by atoms with Crippen molar-refractivity contribution in [3.63, 3.8) is 0 Å². The summed E-state index contributed by atoms with van der Waals surface area (Å²) >= 11 is 0. The second-order valence-corrected chi connectivity index (χ2v) is 6.68. The van der Waals surface area contributed by atoms with Gasteiger partial charge < -0.3 is 14.7 Å². The van der Waals surface area contributed by atoms with Crippen LogP contribution in [0.4, 0.5) is 0 Å². The van der Waals surface area contributed by atoms with Gasteiger partial charge in [-0.2, -0.15) is 0 Å². The van der Waals surface area contributed by atoms with Crippen molar-refractivity contribution in [1.29, 1.82) is 0 Å². The molecular weight excluding hydrogens is 266 g/mol. The lowest BCUT2D eigenvalue weighted by atomic mass is 9.92. The minimum absolute atomic E-state index is 0.0768. The van der Waals surface area contributed by atoms with Crippen molar-refractivity contribution >= 4 is 5.91 Å². The minimum Gasteiger partial charge on any atom is -0.393 e. The SMILES string of the molecule is O=C(CC1=CCCCC1)N1CCOC[C@@H]1[C@@H]1CCC[C@@H]1O. The van der Waals surface area contributed by atoms with E-state index in [1.165, 1.54) is 18.4 Å². The molecule has 2 aliphatic carbocycles. The molecule has 1 aliphatic heterocycles. The Morgan fingerprint density at radius 3 is 2.95 bits per heavy atom. The summed E-state index contributed by atoms with van der Waals surface area (Å²) in [6, 6.07) is 0.0768. The molecule has 3 aliphatic rings. The number of morpholine rings is 1. The first kappa shape index (κ1) is 15.0. The zero-order chi connectivity index (χ0) is 14.7. The molecule has 0 aromatic heterocycles. The fraction of sp³-hybridized carbons (Fsp3) is 0.824. The average Bonchev–Trinajstić information content (AvgIpc) is 2.94. The van der Waals surface area contributed by atoms with Crippen LogP contribution in [0.3, 0.4) is 0 Å². The van der Waals surface area contributed by atoms with Crippen molar-refractivity contribution in [3.8, 4) is 0 Å². The Balaban J connectivity index is 1.65. The van der Waals surface area contributed by atoms with Gasteiger partial charge in [0.2, 0.25) is 5.91 Å². The number of carbonyl (C=O) groups excluding carboxylic acids is 1. The number of nitrogens with zero attached hydrogens (tertiary/aromatic N) is 1. The summed E-state index contributed by atoms with van der Waals surface area (Å²) in [6.07, 6.45) is 10.2. The van der Waals surface area contributed by atoms with E-state index in [1.807, 2.05) is 4.90 Å². The van der Waals surface area contributed by atoms with Crippen molar-refractivity contribution in [3.05, 3.63) is 11.6 Å². The van der Waals surface area contributed by atoms with E-state index in [9.17, 15) is 9.90 Å². The quantitative estimate of drug-likeness (QED) is 0.812. The molecule has 3 rings (SSSR count). The molecule has 21 heavy (non-hydrogen) atoms. The number of ether oxygens (including phenoxy) is 1. The van der Waals surface area contributed by atoms with Gasteiger partial charge in [0, 0.05) is 18.9 Å². The van der Waals surface area contributed by atoms with Crippen LogP contribution < -0.4 is 0 Å². The molecule has 118 valence electrons. The molecule has 1 amide bonds. The first-order chi connectivity index (χ1) is 10.3. The Morgan fingerprint density at radius 2 is 2.24 bits per heavy atom. The Hall–Kier alpha value is -0.870. The lowest BCUT2D eigenvalue weighted by Crippen LogP contribution is -2.53. The van der Waals surface area contributed by atoms with Crippen LogP contribution >= 0.6 is 0 Å². The van der Waals surface area contributed by atoms with Gasteiger partial charge in [0.05, 0.1) is 25.4 Å². The third-order valence-corrected chi connectivity index (χ3v) is 5.27. The van der Waals surface area contributed by atoms with Gasteiger partial charge in [-0.3, -0.25) is 4.79 Å². The zero-order valence-electron chi connectivity index (χ0n) is 12.8. The third-order valence-electron chi connectivity index (χ3n) is 5.27. The van der Waals surface area contributed by atoms with Crippen LogP contribution in [0.5, 0.6) is 0 Å². The largest absolute Gasteiger partial charge is 0.393 e. The van der Waals surface area contributed by atoms with E-state index in [1.54, 1.807) is 0 Å². The number of rotatable bonds is 3. The number of amides is 1. The molecule has 0 aromatic carbocycles. The van der Waals surface area contributed by atoms with E-state index in [0.29, 0.717) is 26.2 Å². The maximum Gasteiger partial charge on any atom is 0.227 e.